The van der Waals surface area contributed by atoms with E-state index in [0.29, 0.717) is 37.8 Å². The Hall–Kier alpha value is -1.96. The maximum Gasteiger partial charge on any atom is 0.307 e. The van der Waals surface area contributed by atoms with Gasteiger partial charge in [-0.15, -0.1) is 0 Å². The maximum atomic E-state index is 12.2. The van der Waals surface area contributed by atoms with E-state index in [9.17, 15) is 9.59 Å². The minimum absolute atomic E-state index is 0.0909. The first-order valence-corrected chi connectivity index (χ1v) is 6.69. The lowest BCUT2D eigenvalue weighted by Crippen LogP contribution is -2.36. The predicted octanol–water partition coefficient (Wildman–Crippen LogP) is 0.349. The summed E-state index contributed by atoms with van der Waals surface area (Å²) in [6.45, 7) is 2.86. The molecule has 118 valence electrons. The number of aromatic nitrogens is 2. The van der Waals surface area contributed by atoms with Crippen LogP contribution in [0.15, 0.2) is 4.52 Å². The van der Waals surface area contributed by atoms with Crippen LogP contribution >= 0.6 is 0 Å². The number of rotatable bonds is 9. The molecule has 0 aliphatic heterocycles. The van der Waals surface area contributed by atoms with Crippen LogP contribution in [-0.2, 0) is 25.5 Å². The van der Waals surface area contributed by atoms with E-state index in [1.54, 1.807) is 18.9 Å². The van der Waals surface area contributed by atoms with Gasteiger partial charge in [-0.25, -0.2) is 0 Å². The lowest BCUT2D eigenvalue weighted by molar-refractivity contribution is -0.142. The Labute approximate surface area is 123 Å². The molecule has 1 aromatic rings. The molecule has 1 heterocycles. The Kier molecular flexibility index (Phi) is 7.38. The van der Waals surface area contributed by atoms with Crippen LogP contribution in [0.2, 0.25) is 0 Å². The van der Waals surface area contributed by atoms with Crippen molar-refractivity contribution in [3.05, 3.63) is 11.7 Å². The Bertz CT molecular complexity index is 460. The van der Waals surface area contributed by atoms with Gasteiger partial charge in [0.25, 0.3) is 0 Å². The highest BCUT2D eigenvalue weighted by atomic mass is 16.5. The Morgan fingerprint density at radius 3 is 2.57 bits per heavy atom. The van der Waals surface area contributed by atoms with Crippen LogP contribution in [0.25, 0.3) is 0 Å². The smallest absolute Gasteiger partial charge is 0.307 e. The molecular weight excluding hydrogens is 278 g/mol. The van der Waals surface area contributed by atoms with Crippen LogP contribution in [0.4, 0.5) is 0 Å². The van der Waals surface area contributed by atoms with Gasteiger partial charge in [-0.1, -0.05) is 5.16 Å². The van der Waals surface area contributed by atoms with Crippen LogP contribution in [0.1, 0.15) is 24.6 Å². The predicted molar refractivity (Wildman–Crippen MR) is 72.4 cm³/mol. The average Bonchev–Trinajstić information content (AvgIpc) is 2.90. The number of methoxy groups -OCH3 is 2. The number of carbonyl (C=O) groups excluding carboxylic acids is 2. The molecule has 1 amide bonds. The standard InChI is InChI=1S/C13H21N3O5/c1-10-14-11(21-15-10)4-5-12(17)16(8-9-19-2)7-6-13(18)20-3/h4-9H2,1-3H3. The minimum atomic E-state index is -0.349. The molecule has 0 N–H and O–H groups in total. The molecule has 1 aromatic heterocycles. The molecule has 0 fully saturated rings. The van der Waals surface area contributed by atoms with Crippen molar-refractivity contribution < 1.29 is 23.6 Å². The van der Waals surface area contributed by atoms with E-state index in [2.05, 4.69) is 14.9 Å². The van der Waals surface area contributed by atoms with Gasteiger partial charge in [-0.05, 0) is 6.92 Å². The summed E-state index contributed by atoms with van der Waals surface area (Å²) in [5, 5.41) is 3.67. The van der Waals surface area contributed by atoms with Gasteiger partial charge in [-0.3, -0.25) is 9.59 Å². The zero-order chi connectivity index (χ0) is 15.7. The molecule has 8 nitrogen and oxygen atoms in total. The summed E-state index contributed by atoms with van der Waals surface area (Å²) in [6, 6.07) is 0. The van der Waals surface area contributed by atoms with E-state index < -0.39 is 0 Å². The Morgan fingerprint density at radius 2 is 2.00 bits per heavy atom. The van der Waals surface area contributed by atoms with Crippen molar-refractivity contribution in [3.63, 3.8) is 0 Å². The summed E-state index contributed by atoms with van der Waals surface area (Å²) in [6.07, 6.45) is 0.777. The number of amides is 1. The molecule has 0 spiro atoms. The molecular formula is C13H21N3O5. The van der Waals surface area contributed by atoms with Gasteiger partial charge in [0.15, 0.2) is 5.82 Å². The van der Waals surface area contributed by atoms with Gasteiger partial charge < -0.3 is 18.9 Å². The number of carbonyl (C=O) groups is 2. The lowest BCUT2D eigenvalue weighted by atomic mass is 10.2. The van der Waals surface area contributed by atoms with Crippen LogP contribution in [0, 0.1) is 6.92 Å². The zero-order valence-electron chi connectivity index (χ0n) is 12.6. The number of hydrogen-bond donors (Lipinski definition) is 0. The fourth-order valence-electron chi connectivity index (χ4n) is 1.70. The summed E-state index contributed by atoms with van der Waals surface area (Å²) < 4.78 is 14.5. The Morgan fingerprint density at radius 1 is 1.24 bits per heavy atom. The third-order valence-electron chi connectivity index (χ3n) is 2.85. The summed E-state index contributed by atoms with van der Waals surface area (Å²) in [4.78, 5) is 28.9. The highest BCUT2D eigenvalue weighted by Crippen LogP contribution is 2.04. The summed E-state index contributed by atoms with van der Waals surface area (Å²) in [7, 11) is 2.88. The average molecular weight is 299 g/mol. The summed E-state index contributed by atoms with van der Waals surface area (Å²) >= 11 is 0. The third-order valence-corrected chi connectivity index (χ3v) is 2.85. The van der Waals surface area contributed by atoms with E-state index in [1.807, 2.05) is 0 Å². The second-order valence-electron chi connectivity index (χ2n) is 4.44. The molecule has 0 aliphatic rings. The van der Waals surface area contributed by atoms with Crippen LogP contribution in [-0.4, -0.2) is 60.8 Å². The molecule has 0 radical (unpaired) electrons. The first-order valence-electron chi connectivity index (χ1n) is 6.69. The second-order valence-corrected chi connectivity index (χ2v) is 4.44. The normalized spacial score (nSPS) is 10.4. The van der Waals surface area contributed by atoms with Crippen molar-refractivity contribution in [2.75, 3.05) is 33.9 Å². The van der Waals surface area contributed by atoms with Crippen molar-refractivity contribution in [2.45, 2.75) is 26.2 Å². The zero-order valence-corrected chi connectivity index (χ0v) is 12.6. The molecule has 0 aliphatic carbocycles. The SMILES string of the molecule is COCCN(CCC(=O)OC)C(=O)CCc1nc(C)no1. The van der Waals surface area contributed by atoms with Gasteiger partial charge in [0.1, 0.15) is 0 Å². The van der Waals surface area contributed by atoms with E-state index in [1.165, 1.54) is 7.11 Å². The number of hydrogen-bond acceptors (Lipinski definition) is 7. The van der Waals surface area contributed by atoms with Crippen molar-refractivity contribution in [3.8, 4) is 0 Å². The third kappa shape index (κ3) is 6.35. The van der Waals surface area contributed by atoms with Gasteiger partial charge in [0, 0.05) is 33.0 Å². The molecule has 0 saturated carbocycles. The summed E-state index contributed by atoms with van der Waals surface area (Å²) in [5.41, 5.74) is 0. The highest BCUT2D eigenvalue weighted by molar-refractivity contribution is 5.77. The van der Waals surface area contributed by atoms with Gasteiger partial charge in [-0.2, -0.15) is 4.98 Å². The van der Waals surface area contributed by atoms with Crippen LogP contribution < -0.4 is 0 Å². The van der Waals surface area contributed by atoms with Crippen LogP contribution in [0.5, 0.6) is 0 Å². The molecule has 0 saturated heterocycles. The monoisotopic (exact) mass is 299 g/mol. The number of aryl methyl sites for hydroxylation is 2. The van der Waals surface area contributed by atoms with Gasteiger partial charge in [0.05, 0.1) is 20.1 Å². The largest absolute Gasteiger partial charge is 0.469 e. The van der Waals surface area contributed by atoms with E-state index in [4.69, 9.17) is 9.26 Å². The molecule has 0 aromatic carbocycles. The molecule has 21 heavy (non-hydrogen) atoms. The molecule has 8 heteroatoms. The molecule has 0 unspecified atom stereocenters. The minimum Gasteiger partial charge on any atom is -0.469 e. The summed E-state index contributed by atoms with van der Waals surface area (Å²) in [5.74, 6) is 0.532. The maximum absolute atomic E-state index is 12.2. The number of nitrogens with zero attached hydrogens (tertiary/aromatic N) is 3. The van der Waals surface area contributed by atoms with E-state index >= 15 is 0 Å². The highest BCUT2D eigenvalue weighted by Gasteiger charge is 2.16. The quantitative estimate of drug-likeness (QED) is 0.607. The van der Waals surface area contributed by atoms with Crippen LogP contribution in [0.3, 0.4) is 0 Å². The van der Waals surface area contributed by atoms with Crippen molar-refractivity contribution in [1.29, 1.82) is 0 Å². The van der Waals surface area contributed by atoms with E-state index in [0.717, 1.165) is 0 Å². The molecule has 0 bridgehead atoms. The first kappa shape index (κ1) is 17.1. The topological polar surface area (TPSA) is 94.8 Å². The lowest BCUT2D eigenvalue weighted by Gasteiger charge is -2.21. The molecule has 1 rings (SSSR count). The van der Waals surface area contributed by atoms with Crippen molar-refractivity contribution >= 4 is 11.9 Å². The fourth-order valence-corrected chi connectivity index (χ4v) is 1.70. The first-order chi connectivity index (χ1) is 10.1. The second kappa shape index (κ2) is 9.06. The molecule has 0 atom stereocenters. The van der Waals surface area contributed by atoms with Crippen molar-refractivity contribution in [2.24, 2.45) is 0 Å². The van der Waals surface area contributed by atoms with Crippen molar-refractivity contribution in [1.82, 2.24) is 15.0 Å². The number of ether oxygens (including phenoxy) is 2. The van der Waals surface area contributed by atoms with Gasteiger partial charge >= 0.3 is 5.97 Å². The van der Waals surface area contributed by atoms with E-state index in [-0.39, 0.29) is 24.7 Å². The Balaban J connectivity index is 2.47. The fraction of sp³-hybridized carbons (Fsp3) is 0.692. The number of esters is 1. The van der Waals surface area contributed by atoms with Gasteiger partial charge in [0.2, 0.25) is 11.8 Å².